The van der Waals surface area contributed by atoms with Crippen molar-refractivity contribution in [3.05, 3.63) is 18.6 Å². The van der Waals surface area contributed by atoms with Crippen molar-refractivity contribution < 1.29 is 13.2 Å². The van der Waals surface area contributed by atoms with Crippen LogP contribution in [0.5, 0.6) is 0 Å². The number of morpholine rings is 1. The molecule has 3 rings (SSSR count). The number of aromatic nitrogens is 2. The zero-order valence-electron chi connectivity index (χ0n) is 13.5. The fourth-order valence-electron chi connectivity index (χ4n) is 3.43. The maximum absolute atomic E-state index is 12.4. The number of sulfonamides is 1. The van der Waals surface area contributed by atoms with Crippen molar-refractivity contribution in [1.29, 1.82) is 0 Å². The Morgan fingerprint density at radius 1 is 1.30 bits per heavy atom. The van der Waals surface area contributed by atoms with E-state index in [9.17, 15) is 8.42 Å². The van der Waals surface area contributed by atoms with E-state index in [-0.39, 0.29) is 5.75 Å². The number of hydrogen-bond acceptors (Lipinski definition) is 6. The van der Waals surface area contributed by atoms with E-state index >= 15 is 0 Å². The maximum Gasteiger partial charge on any atom is 0.214 e. The largest absolute Gasteiger partial charge is 0.370 e. The van der Waals surface area contributed by atoms with Crippen LogP contribution in [0, 0.1) is 0 Å². The minimum Gasteiger partial charge on any atom is -0.370 e. The van der Waals surface area contributed by atoms with E-state index in [2.05, 4.69) is 14.9 Å². The van der Waals surface area contributed by atoms with Gasteiger partial charge in [-0.15, -0.1) is 0 Å². The first-order chi connectivity index (χ1) is 11.0. The molecule has 0 saturated carbocycles. The molecule has 8 heteroatoms. The fourth-order valence-corrected chi connectivity index (χ4v) is 4.99. The van der Waals surface area contributed by atoms with Crippen LogP contribution in [0.25, 0.3) is 0 Å². The maximum atomic E-state index is 12.4. The van der Waals surface area contributed by atoms with Gasteiger partial charge in [-0.05, 0) is 19.3 Å². The van der Waals surface area contributed by atoms with Gasteiger partial charge in [0.05, 0.1) is 24.2 Å². The molecule has 2 aliphatic heterocycles. The molecule has 1 aromatic heterocycles. The van der Waals surface area contributed by atoms with Crippen molar-refractivity contribution in [3.63, 3.8) is 0 Å². The lowest BCUT2D eigenvalue weighted by Crippen LogP contribution is -2.61. The summed E-state index contributed by atoms with van der Waals surface area (Å²) in [7, 11) is -3.18. The molecule has 1 atom stereocenters. The summed E-state index contributed by atoms with van der Waals surface area (Å²) >= 11 is 0. The van der Waals surface area contributed by atoms with Gasteiger partial charge in [-0.1, -0.05) is 6.92 Å². The second-order valence-electron chi connectivity index (χ2n) is 6.27. The molecule has 3 heterocycles. The average Bonchev–Trinajstić information content (AvgIpc) is 2.56. The minimum atomic E-state index is -3.18. The number of nitrogens with zero attached hydrogens (tertiary/aromatic N) is 4. The van der Waals surface area contributed by atoms with Gasteiger partial charge in [0.15, 0.2) is 0 Å². The molecule has 1 spiro atoms. The number of ether oxygens (including phenoxy) is 1. The van der Waals surface area contributed by atoms with Crippen molar-refractivity contribution in [3.8, 4) is 0 Å². The Balaban J connectivity index is 1.76. The van der Waals surface area contributed by atoms with E-state index in [1.54, 1.807) is 22.9 Å². The topological polar surface area (TPSA) is 75.6 Å². The monoisotopic (exact) mass is 340 g/mol. The van der Waals surface area contributed by atoms with Crippen molar-refractivity contribution >= 4 is 15.8 Å². The molecule has 23 heavy (non-hydrogen) atoms. The van der Waals surface area contributed by atoms with E-state index in [4.69, 9.17) is 4.74 Å². The van der Waals surface area contributed by atoms with Gasteiger partial charge in [0.1, 0.15) is 5.82 Å². The SMILES string of the molecule is CCCS(=O)(=O)N1CCOC2(CCCN(c3cnccn3)C2)C1. The average molecular weight is 340 g/mol. The van der Waals surface area contributed by atoms with E-state index < -0.39 is 15.6 Å². The van der Waals surface area contributed by atoms with Gasteiger partial charge >= 0.3 is 0 Å². The summed E-state index contributed by atoms with van der Waals surface area (Å²) in [5.41, 5.74) is -0.436. The lowest BCUT2D eigenvalue weighted by atomic mass is 9.91. The molecule has 0 amide bonds. The van der Waals surface area contributed by atoms with E-state index in [0.717, 1.165) is 25.2 Å². The summed E-state index contributed by atoms with van der Waals surface area (Å²) < 4.78 is 32.5. The third kappa shape index (κ3) is 3.64. The second-order valence-corrected chi connectivity index (χ2v) is 8.36. The van der Waals surface area contributed by atoms with Crippen LogP contribution in [-0.2, 0) is 14.8 Å². The summed E-state index contributed by atoms with van der Waals surface area (Å²) in [6.45, 7) is 4.79. The molecule has 0 radical (unpaired) electrons. The molecule has 0 bridgehead atoms. The number of hydrogen-bond donors (Lipinski definition) is 0. The third-order valence-corrected chi connectivity index (χ3v) is 6.50. The summed E-state index contributed by atoms with van der Waals surface area (Å²) in [6, 6.07) is 0. The van der Waals surface area contributed by atoms with Crippen LogP contribution >= 0.6 is 0 Å². The Hall–Kier alpha value is -1.25. The van der Waals surface area contributed by atoms with Crippen LogP contribution in [0.2, 0.25) is 0 Å². The first-order valence-corrected chi connectivity index (χ1v) is 9.78. The van der Waals surface area contributed by atoms with Crippen LogP contribution in [0.1, 0.15) is 26.2 Å². The Labute approximate surface area is 137 Å². The number of anilines is 1. The van der Waals surface area contributed by atoms with Gasteiger partial charge < -0.3 is 9.64 Å². The van der Waals surface area contributed by atoms with Gasteiger partial charge in [0.25, 0.3) is 0 Å². The molecular formula is C15H24N4O3S. The summed E-state index contributed by atoms with van der Waals surface area (Å²) in [5.74, 6) is 1.03. The molecule has 7 nitrogen and oxygen atoms in total. The van der Waals surface area contributed by atoms with Crippen molar-refractivity contribution in [1.82, 2.24) is 14.3 Å². The highest BCUT2D eigenvalue weighted by Crippen LogP contribution is 2.31. The smallest absolute Gasteiger partial charge is 0.214 e. The molecule has 128 valence electrons. The standard InChI is InChI=1S/C15H24N4O3S/c1-2-10-23(20,21)19-8-9-22-15(13-19)4-3-7-18(12-15)14-11-16-5-6-17-14/h5-6,11H,2-4,7-10,12-13H2,1H3. The lowest BCUT2D eigenvalue weighted by molar-refractivity contribution is -0.0950. The van der Waals surface area contributed by atoms with Crippen molar-refractivity contribution in [2.24, 2.45) is 0 Å². The Morgan fingerprint density at radius 3 is 2.91 bits per heavy atom. The molecule has 2 aliphatic rings. The molecule has 2 saturated heterocycles. The normalized spacial score (nSPS) is 26.6. The van der Waals surface area contributed by atoms with Crippen LogP contribution in [0.15, 0.2) is 18.6 Å². The lowest BCUT2D eigenvalue weighted by Gasteiger charge is -2.47. The van der Waals surface area contributed by atoms with E-state index in [1.807, 2.05) is 6.92 Å². The van der Waals surface area contributed by atoms with E-state index in [0.29, 0.717) is 32.7 Å². The first-order valence-electron chi connectivity index (χ1n) is 8.17. The molecular weight excluding hydrogens is 316 g/mol. The molecule has 2 fully saturated rings. The Kier molecular flexibility index (Phi) is 4.84. The van der Waals surface area contributed by atoms with Crippen LogP contribution < -0.4 is 4.90 Å². The highest BCUT2D eigenvalue weighted by atomic mass is 32.2. The van der Waals surface area contributed by atoms with Crippen LogP contribution in [0.4, 0.5) is 5.82 Å². The third-order valence-electron chi connectivity index (χ3n) is 4.48. The summed E-state index contributed by atoms with van der Waals surface area (Å²) in [6.07, 6.45) is 7.54. The number of rotatable bonds is 4. The molecule has 1 unspecified atom stereocenters. The minimum absolute atomic E-state index is 0.205. The quantitative estimate of drug-likeness (QED) is 0.810. The summed E-state index contributed by atoms with van der Waals surface area (Å²) in [5, 5.41) is 0. The molecule has 0 aromatic carbocycles. The van der Waals surface area contributed by atoms with E-state index in [1.165, 1.54) is 0 Å². The molecule has 1 aromatic rings. The predicted molar refractivity (Wildman–Crippen MR) is 87.8 cm³/mol. The molecule has 0 N–H and O–H groups in total. The number of piperidine rings is 1. The zero-order chi connectivity index (χ0) is 16.3. The van der Waals surface area contributed by atoms with Crippen molar-refractivity contribution in [2.45, 2.75) is 31.8 Å². The predicted octanol–water partition coefficient (Wildman–Crippen LogP) is 0.888. The first kappa shape index (κ1) is 16.6. The highest BCUT2D eigenvalue weighted by molar-refractivity contribution is 7.89. The fraction of sp³-hybridized carbons (Fsp3) is 0.733. The molecule has 0 aliphatic carbocycles. The summed E-state index contributed by atoms with van der Waals surface area (Å²) in [4.78, 5) is 10.6. The van der Waals surface area contributed by atoms with Crippen molar-refractivity contribution in [2.75, 3.05) is 43.4 Å². The van der Waals surface area contributed by atoms with Crippen LogP contribution in [0.3, 0.4) is 0 Å². The van der Waals surface area contributed by atoms with Gasteiger partial charge in [-0.2, -0.15) is 4.31 Å². The zero-order valence-corrected chi connectivity index (χ0v) is 14.3. The Bertz CT molecular complexity index is 621. The second kappa shape index (κ2) is 6.70. The van der Waals surface area contributed by atoms with Gasteiger partial charge in [0, 0.05) is 38.6 Å². The van der Waals surface area contributed by atoms with Gasteiger partial charge in [-0.3, -0.25) is 4.98 Å². The van der Waals surface area contributed by atoms with Crippen LogP contribution in [-0.4, -0.2) is 66.8 Å². The van der Waals surface area contributed by atoms with Gasteiger partial charge in [-0.25, -0.2) is 13.4 Å². The van der Waals surface area contributed by atoms with Gasteiger partial charge in [0.2, 0.25) is 10.0 Å². The Morgan fingerprint density at radius 2 is 2.17 bits per heavy atom. The highest BCUT2D eigenvalue weighted by Gasteiger charge is 2.43.